The standard InChI is InChI=1S/C24H21N3O5/c1-30-16-11-15(12-17(13-16)31-2)25-22(28)14-32-24(29)19-8-4-3-7-18(19)23-26-20-9-5-6-10-21(20)27-23/h3-13H,14H2,1-2H3,(H,25,28)(H,26,27). The first kappa shape index (κ1) is 20.9. The molecule has 0 fully saturated rings. The van der Waals surface area contributed by atoms with E-state index in [2.05, 4.69) is 15.3 Å². The number of nitrogens with one attached hydrogen (secondary N) is 2. The van der Waals surface area contributed by atoms with Crippen molar-refractivity contribution in [3.05, 3.63) is 72.3 Å². The molecule has 4 aromatic rings. The quantitative estimate of drug-likeness (QED) is 0.428. The SMILES string of the molecule is COc1cc(NC(=O)COC(=O)c2ccccc2-c2nc3ccccc3[nH]2)cc(OC)c1. The van der Waals surface area contributed by atoms with Crippen molar-refractivity contribution in [2.24, 2.45) is 0 Å². The lowest BCUT2D eigenvalue weighted by atomic mass is 10.1. The fraction of sp³-hybridized carbons (Fsp3) is 0.125. The second kappa shape index (κ2) is 9.22. The summed E-state index contributed by atoms with van der Waals surface area (Å²) in [5, 5.41) is 2.67. The van der Waals surface area contributed by atoms with E-state index < -0.39 is 18.5 Å². The van der Waals surface area contributed by atoms with Gasteiger partial charge in [0.15, 0.2) is 6.61 Å². The Kier molecular flexibility index (Phi) is 6.03. The van der Waals surface area contributed by atoms with E-state index in [1.54, 1.807) is 36.4 Å². The first-order chi connectivity index (χ1) is 15.6. The molecule has 4 rings (SSSR count). The minimum absolute atomic E-state index is 0.308. The van der Waals surface area contributed by atoms with E-state index >= 15 is 0 Å². The molecule has 32 heavy (non-hydrogen) atoms. The summed E-state index contributed by atoms with van der Waals surface area (Å²) in [6.45, 7) is -0.452. The molecule has 2 N–H and O–H groups in total. The average Bonchev–Trinajstić information content (AvgIpc) is 3.26. The van der Waals surface area contributed by atoms with Gasteiger partial charge < -0.3 is 24.5 Å². The van der Waals surface area contributed by atoms with Gasteiger partial charge in [0.1, 0.15) is 17.3 Å². The number of esters is 1. The van der Waals surface area contributed by atoms with Crippen LogP contribution in [-0.4, -0.2) is 42.7 Å². The van der Waals surface area contributed by atoms with Crippen molar-refractivity contribution in [2.45, 2.75) is 0 Å². The van der Waals surface area contributed by atoms with Gasteiger partial charge in [0.05, 0.1) is 30.8 Å². The van der Waals surface area contributed by atoms with Gasteiger partial charge in [-0.05, 0) is 18.2 Å². The number of hydrogen-bond donors (Lipinski definition) is 2. The molecule has 162 valence electrons. The molecule has 0 saturated heterocycles. The summed E-state index contributed by atoms with van der Waals surface area (Å²) in [4.78, 5) is 32.8. The van der Waals surface area contributed by atoms with Crippen LogP contribution in [0.5, 0.6) is 11.5 Å². The minimum atomic E-state index is -0.626. The number of nitrogens with zero attached hydrogens (tertiary/aromatic N) is 1. The van der Waals surface area contributed by atoms with Crippen molar-refractivity contribution in [3.63, 3.8) is 0 Å². The lowest BCUT2D eigenvalue weighted by molar-refractivity contribution is -0.119. The number of amides is 1. The maximum Gasteiger partial charge on any atom is 0.339 e. The maximum atomic E-state index is 12.7. The number of anilines is 1. The summed E-state index contributed by atoms with van der Waals surface area (Å²) in [6.07, 6.45) is 0. The highest BCUT2D eigenvalue weighted by atomic mass is 16.5. The summed E-state index contributed by atoms with van der Waals surface area (Å²) >= 11 is 0. The number of methoxy groups -OCH3 is 2. The van der Waals surface area contributed by atoms with E-state index in [0.717, 1.165) is 11.0 Å². The predicted molar refractivity (Wildman–Crippen MR) is 120 cm³/mol. The van der Waals surface area contributed by atoms with Gasteiger partial charge in [-0.15, -0.1) is 0 Å². The Balaban J connectivity index is 1.46. The summed E-state index contributed by atoms with van der Waals surface area (Å²) < 4.78 is 15.6. The third-order valence-corrected chi connectivity index (χ3v) is 4.76. The molecule has 0 atom stereocenters. The van der Waals surface area contributed by atoms with Gasteiger partial charge in [-0.1, -0.05) is 30.3 Å². The number of H-pyrrole nitrogens is 1. The number of fused-ring (bicyclic) bond motifs is 1. The van der Waals surface area contributed by atoms with Gasteiger partial charge in [0.2, 0.25) is 0 Å². The summed E-state index contributed by atoms with van der Waals surface area (Å²) in [5.41, 5.74) is 3.01. The highest BCUT2D eigenvalue weighted by molar-refractivity contribution is 5.99. The molecule has 0 saturated carbocycles. The Morgan fingerprint density at radius 3 is 2.34 bits per heavy atom. The van der Waals surface area contributed by atoms with E-state index in [1.165, 1.54) is 14.2 Å². The smallest absolute Gasteiger partial charge is 0.339 e. The molecular weight excluding hydrogens is 410 g/mol. The number of imidazole rings is 1. The molecule has 0 aliphatic heterocycles. The lowest BCUT2D eigenvalue weighted by Gasteiger charge is -2.11. The monoisotopic (exact) mass is 431 g/mol. The van der Waals surface area contributed by atoms with Gasteiger partial charge in [-0.25, -0.2) is 9.78 Å². The molecule has 8 heteroatoms. The molecule has 1 aromatic heterocycles. The third-order valence-electron chi connectivity index (χ3n) is 4.76. The zero-order chi connectivity index (χ0) is 22.5. The van der Waals surface area contributed by atoms with Crippen molar-refractivity contribution >= 4 is 28.6 Å². The Hall–Kier alpha value is -4.33. The Morgan fingerprint density at radius 2 is 1.62 bits per heavy atom. The highest BCUT2D eigenvalue weighted by Gasteiger charge is 2.18. The normalized spacial score (nSPS) is 10.6. The molecule has 0 aliphatic rings. The molecule has 0 bridgehead atoms. The van der Waals surface area contributed by atoms with Crippen LogP contribution in [0.25, 0.3) is 22.4 Å². The maximum absolute atomic E-state index is 12.7. The lowest BCUT2D eigenvalue weighted by Crippen LogP contribution is -2.21. The van der Waals surface area contributed by atoms with Crippen LogP contribution >= 0.6 is 0 Å². The zero-order valence-electron chi connectivity index (χ0n) is 17.5. The first-order valence-electron chi connectivity index (χ1n) is 9.81. The molecule has 0 aliphatic carbocycles. The summed E-state index contributed by atoms with van der Waals surface area (Å²) in [6, 6.07) is 19.5. The molecule has 1 amide bonds. The second-order valence-corrected chi connectivity index (χ2v) is 6.87. The van der Waals surface area contributed by atoms with Gasteiger partial charge in [0, 0.05) is 29.4 Å². The minimum Gasteiger partial charge on any atom is -0.497 e. The van der Waals surface area contributed by atoms with E-state index in [4.69, 9.17) is 14.2 Å². The van der Waals surface area contributed by atoms with Crippen LogP contribution in [0.2, 0.25) is 0 Å². The van der Waals surface area contributed by atoms with Crippen LogP contribution in [0, 0.1) is 0 Å². The number of rotatable bonds is 7. The number of aromatic amines is 1. The number of benzene rings is 3. The van der Waals surface area contributed by atoms with Gasteiger partial charge in [0.25, 0.3) is 5.91 Å². The van der Waals surface area contributed by atoms with Gasteiger partial charge in [-0.2, -0.15) is 0 Å². The molecule has 0 spiro atoms. The number of carbonyl (C=O) groups excluding carboxylic acids is 2. The predicted octanol–water partition coefficient (Wildman–Crippen LogP) is 4.04. The molecule has 0 radical (unpaired) electrons. The fourth-order valence-electron chi connectivity index (χ4n) is 3.23. The van der Waals surface area contributed by atoms with Crippen molar-refractivity contribution in [1.29, 1.82) is 0 Å². The van der Waals surface area contributed by atoms with E-state index in [9.17, 15) is 9.59 Å². The summed E-state index contributed by atoms with van der Waals surface area (Å²) in [7, 11) is 3.03. The van der Waals surface area contributed by atoms with Crippen LogP contribution in [0.15, 0.2) is 66.7 Å². The number of ether oxygens (including phenoxy) is 3. The molecule has 8 nitrogen and oxygen atoms in total. The van der Waals surface area contributed by atoms with Gasteiger partial charge >= 0.3 is 5.97 Å². The molecule has 1 heterocycles. The van der Waals surface area contributed by atoms with Crippen LogP contribution < -0.4 is 14.8 Å². The number of carbonyl (C=O) groups is 2. The summed E-state index contributed by atoms with van der Waals surface area (Å²) in [5.74, 6) is 0.480. The van der Waals surface area contributed by atoms with Crippen LogP contribution in [0.3, 0.4) is 0 Å². The van der Waals surface area contributed by atoms with Crippen molar-refractivity contribution in [2.75, 3.05) is 26.1 Å². The van der Waals surface area contributed by atoms with E-state index in [0.29, 0.717) is 34.1 Å². The van der Waals surface area contributed by atoms with Crippen LogP contribution in [0.1, 0.15) is 10.4 Å². The van der Waals surface area contributed by atoms with Crippen molar-refractivity contribution in [1.82, 2.24) is 9.97 Å². The Morgan fingerprint density at radius 1 is 0.938 bits per heavy atom. The van der Waals surface area contributed by atoms with Crippen LogP contribution in [0.4, 0.5) is 5.69 Å². The van der Waals surface area contributed by atoms with Crippen molar-refractivity contribution < 1.29 is 23.8 Å². The highest BCUT2D eigenvalue weighted by Crippen LogP contribution is 2.26. The number of para-hydroxylation sites is 2. The fourth-order valence-corrected chi connectivity index (χ4v) is 3.23. The Bertz CT molecular complexity index is 1230. The van der Waals surface area contributed by atoms with E-state index in [-0.39, 0.29) is 0 Å². The average molecular weight is 431 g/mol. The number of hydrogen-bond acceptors (Lipinski definition) is 6. The van der Waals surface area contributed by atoms with Gasteiger partial charge in [-0.3, -0.25) is 4.79 Å². The largest absolute Gasteiger partial charge is 0.497 e. The number of aromatic nitrogens is 2. The Labute approximate surface area is 184 Å². The molecule has 0 unspecified atom stereocenters. The zero-order valence-corrected chi connectivity index (χ0v) is 17.5. The van der Waals surface area contributed by atoms with E-state index in [1.807, 2.05) is 30.3 Å². The first-order valence-corrected chi connectivity index (χ1v) is 9.81. The topological polar surface area (TPSA) is 103 Å². The third kappa shape index (κ3) is 4.54. The second-order valence-electron chi connectivity index (χ2n) is 6.87. The molecule has 3 aromatic carbocycles. The van der Waals surface area contributed by atoms with Crippen LogP contribution in [-0.2, 0) is 9.53 Å². The van der Waals surface area contributed by atoms with Crippen molar-refractivity contribution in [3.8, 4) is 22.9 Å². The molecular formula is C24H21N3O5.